The number of nitrogens with zero attached hydrogens (tertiary/aromatic N) is 2. The summed E-state index contributed by atoms with van der Waals surface area (Å²) in [4.78, 5) is 41.4. The SMILES string of the molecule is CCN(CC)C1=NC(=O)[C@@H](CC(=O)Nc2ccc(C(C)=O)cc2)S1. The molecule has 0 saturated carbocycles. The molecule has 1 N–H and O–H groups in total. The monoisotopic (exact) mass is 347 g/mol. The normalized spacial score (nSPS) is 16.7. The third-order valence-electron chi connectivity index (χ3n) is 3.71. The van der Waals surface area contributed by atoms with Gasteiger partial charge in [-0.2, -0.15) is 4.99 Å². The van der Waals surface area contributed by atoms with Crippen LogP contribution in [-0.2, 0) is 9.59 Å². The molecule has 1 aliphatic heterocycles. The first-order chi connectivity index (χ1) is 11.4. The number of Topliss-reactive ketones (excluding diaryl/α,β-unsaturated/α-hetero) is 1. The maximum Gasteiger partial charge on any atom is 0.262 e. The first-order valence-corrected chi connectivity index (χ1v) is 8.77. The maximum absolute atomic E-state index is 12.1. The molecule has 1 atom stereocenters. The topological polar surface area (TPSA) is 78.8 Å². The van der Waals surface area contributed by atoms with Crippen molar-refractivity contribution < 1.29 is 14.4 Å². The van der Waals surface area contributed by atoms with E-state index in [1.165, 1.54) is 18.7 Å². The quantitative estimate of drug-likeness (QED) is 0.800. The highest BCUT2D eigenvalue weighted by Crippen LogP contribution is 2.27. The Morgan fingerprint density at radius 2 is 1.83 bits per heavy atom. The first kappa shape index (κ1) is 18.2. The van der Waals surface area contributed by atoms with Crippen molar-refractivity contribution >= 4 is 40.2 Å². The fraction of sp³-hybridized carbons (Fsp3) is 0.412. The van der Waals surface area contributed by atoms with Crippen molar-refractivity contribution in [1.82, 2.24) is 4.90 Å². The van der Waals surface area contributed by atoms with E-state index in [4.69, 9.17) is 0 Å². The van der Waals surface area contributed by atoms with E-state index in [9.17, 15) is 14.4 Å². The lowest BCUT2D eigenvalue weighted by molar-refractivity contribution is -0.121. The third-order valence-corrected chi connectivity index (χ3v) is 4.92. The van der Waals surface area contributed by atoms with Gasteiger partial charge in [0.25, 0.3) is 5.91 Å². The zero-order chi connectivity index (χ0) is 17.7. The van der Waals surface area contributed by atoms with Crippen LogP contribution in [0.5, 0.6) is 0 Å². The molecular weight excluding hydrogens is 326 g/mol. The fourth-order valence-corrected chi connectivity index (χ4v) is 3.50. The molecule has 6 nitrogen and oxygen atoms in total. The lowest BCUT2D eigenvalue weighted by Crippen LogP contribution is -2.27. The molecule has 2 amide bonds. The number of hydrogen-bond acceptors (Lipinski definition) is 5. The fourth-order valence-electron chi connectivity index (χ4n) is 2.31. The van der Waals surface area contributed by atoms with Gasteiger partial charge in [0, 0.05) is 30.8 Å². The van der Waals surface area contributed by atoms with Gasteiger partial charge in [0.05, 0.1) is 0 Å². The highest BCUT2D eigenvalue weighted by atomic mass is 32.2. The molecule has 0 bridgehead atoms. The van der Waals surface area contributed by atoms with E-state index in [0.717, 1.165) is 13.1 Å². The summed E-state index contributed by atoms with van der Waals surface area (Å²) in [5, 5.41) is 2.96. The van der Waals surface area contributed by atoms with Crippen LogP contribution in [0.15, 0.2) is 29.3 Å². The molecule has 0 saturated heterocycles. The van der Waals surface area contributed by atoms with E-state index in [1.807, 2.05) is 18.7 Å². The number of anilines is 1. The van der Waals surface area contributed by atoms with Crippen LogP contribution in [0, 0.1) is 0 Å². The number of nitrogens with one attached hydrogen (secondary N) is 1. The minimum atomic E-state index is -0.475. The van der Waals surface area contributed by atoms with Gasteiger partial charge >= 0.3 is 0 Å². The van der Waals surface area contributed by atoms with E-state index in [2.05, 4.69) is 10.3 Å². The molecule has 1 heterocycles. The number of aliphatic imine (C=N–C) groups is 1. The summed E-state index contributed by atoms with van der Waals surface area (Å²) in [6.07, 6.45) is 0.0756. The number of rotatable bonds is 6. The number of amidine groups is 1. The molecule has 0 unspecified atom stereocenters. The van der Waals surface area contributed by atoms with Crippen LogP contribution >= 0.6 is 11.8 Å². The molecule has 128 valence electrons. The smallest absolute Gasteiger partial charge is 0.262 e. The number of amides is 2. The predicted molar refractivity (Wildman–Crippen MR) is 96.4 cm³/mol. The van der Waals surface area contributed by atoms with Gasteiger partial charge in [-0.25, -0.2) is 0 Å². The second-order valence-electron chi connectivity index (χ2n) is 5.40. The Kier molecular flexibility index (Phi) is 6.14. The number of carbonyl (C=O) groups is 3. The van der Waals surface area contributed by atoms with Crippen molar-refractivity contribution in [3.8, 4) is 0 Å². The molecule has 7 heteroatoms. The summed E-state index contributed by atoms with van der Waals surface area (Å²) < 4.78 is 0. The molecule has 0 aliphatic carbocycles. The summed E-state index contributed by atoms with van der Waals surface area (Å²) in [6.45, 7) is 7.04. The standard InChI is InChI=1S/C17H21N3O3S/c1-4-20(5-2)17-19-16(23)14(24-17)10-15(22)18-13-8-6-12(7-9-13)11(3)21/h6-9,14H,4-5,10H2,1-3H3,(H,18,22)/t14-/m1/s1. The molecule has 1 aliphatic rings. The average molecular weight is 347 g/mol. The molecule has 24 heavy (non-hydrogen) atoms. The number of carbonyl (C=O) groups excluding carboxylic acids is 3. The predicted octanol–water partition coefficient (Wildman–Crippen LogP) is 2.56. The Hall–Kier alpha value is -2.15. The molecule has 0 spiro atoms. The Bertz CT molecular complexity index is 666. The zero-order valence-corrected chi connectivity index (χ0v) is 14.9. The Balaban J connectivity index is 1.91. The summed E-state index contributed by atoms with van der Waals surface area (Å²) in [7, 11) is 0. The van der Waals surface area contributed by atoms with Crippen LogP contribution in [-0.4, -0.2) is 46.0 Å². The van der Waals surface area contributed by atoms with E-state index >= 15 is 0 Å². The van der Waals surface area contributed by atoms with Crippen molar-refractivity contribution in [1.29, 1.82) is 0 Å². The van der Waals surface area contributed by atoms with Crippen LogP contribution in [0.4, 0.5) is 5.69 Å². The Morgan fingerprint density at radius 1 is 1.21 bits per heavy atom. The van der Waals surface area contributed by atoms with Gasteiger partial charge in [-0.3, -0.25) is 14.4 Å². The summed E-state index contributed by atoms with van der Waals surface area (Å²) in [5.41, 5.74) is 1.19. The van der Waals surface area contributed by atoms with Gasteiger partial charge in [0.1, 0.15) is 5.25 Å². The van der Waals surface area contributed by atoms with E-state index in [1.54, 1.807) is 24.3 Å². The number of benzene rings is 1. The number of hydrogen-bond donors (Lipinski definition) is 1. The van der Waals surface area contributed by atoms with Crippen molar-refractivity contribution in [2.24, 2.45) is 4.99 Å². The van der Waals surface area contributed by atoms with Crippen LogP contribution in [0.1, 0.15) is 37.6 Å². The van der Waals surface area contributed by atoms with Gasteiger partial charge in [-0.1, -0.05) is 11.8 Å². The minimum absolute atomic E-state index is 0.0260. The largest absolute Gasteiger partial charge is 0.352 e. The van der Waals surface area contributed by atoms with E-state index in [-0.39, 0.29) is 24.0 Å². The van der Waals surface area contributed by atoms with E-state index in [0.29, 0.717) is 16.4 Å². The van der Waals surface area contributed by atoms with Gasteiger partial charge < -0.3 is 10.2 Å². The summed E-state index contributed by atoms with van der Waals surface area (Å²) >= 11 is 1.34. The molecule has 0 radical (unpaired) electrons. The third kappa shape index (κ3) is 4.44. The molecule has 1 aromatic carbocycles. The highest BCUT2D eigenvalue weighted by molar-refractivity contribution is 8.15. The lowest BCUT2D eigenvalue weighted by atomic mass is 10.1. The number of thioether (sulfide) groups is 1. The van der Waals surface area contributed by atoms with Gasteiger partial charge in [0.15, 0.2) is 11.0 Å². The molecule has 1 aromatic rings. The van der Waals surface area contributed by atoms with Crippen molar-refractivity contribution in [3.63, 3.8) is 0 Å². The van der Waals surface area contributed by atoms with Crippen LogP contribution in [0.3, 0.4) is 0 Å². The molecule has 0 fully saturated rings. The van der Waals surface area contributed by atoms with Gasteiger partial charge in [-0.15, -0.1) is 0 Å². The highest BCUT2D eigenvalue weighted by Gasteiger charge is 2.32. The first-order valence-electron chi connectivity index (χ1n) is 7.89. The van der Waals surface area contributed by atoms with Crippen LogP contribution < -0.4 is 5.32 Å². The van der Waals surface area contributed by atoms with Crippen LogP contribution in [0.2, 0.25) is 0 Å². The Morgan fingerprint density at radius 3 is 2.38 bits per heavy atom. The van der Waals surface area contributed by atoms with Crippen molar-refractivity contribution in [2.45, 2.75) is 32.4 Å². The maximum atomic E-state index is 12.1. The van der Waals surface area contributed by atoms with Crippen molar-refractivity contribution in [3.05, 3.63) is 29.8 Å². The molecule has 2 rings (SSSR count). The molecule has 0 aromatic heterocycles. The van der Waals surface area contributed by atoms with E-state index < -0.39 is 5.25 Å². The number of ketones is 1. The minimum Gasteiger partial charge on any atom is -0.352 e. The summed E-state index contributed by atoms with van der Waals surface area (Å²) in [6, 6.07) is 6.68. The average Bonchev–Trinajstić information content (AvgIpc) is 2.89. The Labute approximate surface area is 145 Å². The van der Waals surface area contributed by atoms with Gasteiger partial charge in [0.2, 0.25) is 5.91 Å². The van der Waals surface area contributed by atoms with Crippen LogP contribution in [0.25, 0.3) is 0 Å². The molecular formula is C17H21N3O3S. The lowest BCUT2D eigenvalue weighted by Gasteiger charge is -2.19. The zero-order valence-electron chi connectivity index (χ0n) is 14.0. The second-order valence-corrected chi connectivity index (χ2v) is 6.57. The van der Waals surface area contributed by atoms with Gasteiger partial charge in [-0.05, 0) is 45.0 Å². The van der Waals surface area contributed by atoms with Crippen molar-refractivity contribution in [2.75, 3.05) is 18.4 Å². The summed E-state index contributed by atoms with van der Waals surface area (Å²) in [5.74, 6) is -0.529. The second kappa shape index (κ2) is 8.10.